The lowest BCUT2D eigenvalue weighted by Crippen LogP contribution is -2.55. The van der Waals surface area contributed by atoms with Gasteiger partial charge in [0.1, 0.15) is 19.1 Å². The molecule has 0 amide bonds. The van der Waals surface area contributed by atoms with Gasteiger partial charge in [-0.1, -0.05) is 6.07 Å². The van der Waals surface area contributed by atoms with Crippen molar-refractivity contribution < 1.29 is 32.9 Å². The maximum Gasteiger partial charge on any atom is 0.231 e. The molecular formula is C27H24NO6+. The van der Waals surface area contributed by atoms with Crippen molar-refractivity contribution in [1.82, 2.24) is 0 Å². The summed E-state index contributed by atoms with van der Waals surface area (Å²) in [6.45, 7) is 3.72. The average molecular weight is 458 g/mol. The van der Waals surface area contributed by atoms with Crippen LogP contribution in [0.15, 0.2) is 42.5 Å². The third kappa shape index (κ3) is 2.61. The van der Waals surface area contributed by atoms with Gasteiger partial charge >= 0.3 is 0 Å². The predicted molar refractivity (Wildman–Crippen MR) is 120 cm³/mol. The van der Waals surface area contributed by atoms with Gasteiger partial charge in [0.25, 0.3) is 0 Å². The molecule has 0 aromatic heterocycles. The second-order valence-electron chi connectivity index (χ2n) is 9.76. The number of nitrogens with zero attached hydrogens (tertiary/aromatic N) is 1. The Labute approximate surface area is 196 Å². The molecule has 5 heterocycles. The second kappa shape index (κ2) is 6.73. The predicted octanol–water partition coefficient (Wildman–Crippen LogP) is 4.24. The topological polar surface area (TPSA) is 55.4 Å². The van der Waals surface area contributed by atoms with E-state index in [-0.39, 0.29) is 0 Å². The molecule has 8 rings (SSSR count). The number of ether oxygens (including phenoxy) is 6. The Morgan fingerprint density at radius 1 is 0.706 bits per heavy atom. The minimum atomic E-state index is 0.290. The van der Waals surface area contributed by atoms with Crippen molar-refractivity contribution in [2.75, 3.05) is 26.9 Å². The van der Waals surface area contributed by atoms with E-state index in [0.29, 0.717) is 26.4 Å². The molecule has 7 heteroatoms. The summed E-state index contributed by atoms with van der Waals surface area (Å²) in [5.41, 5.74) is 6.64. The van der Waals surface area contributed by atoms with Crippen LogP contribution in [-0.2, 0) is 25.9 Å². The summed E-state index contributed by atoms with van der Waals surface area (Å²) in [7, 11) is 0. The maximum atomic E-state index is 5.96. The van der Waals surface area contributed by atoms with Crippen LogP contribution in [0.4, 0.5) is 0 Å². The highest BCUT2D eigenvalue weighted by Crippen LogP contribution is 2.52. The Balaban J connectivity index is 1.27. The molecule has 0 N–H and O–H groups in total. The molecule has 3 aromatic rings. The zero-order valence-corrected chi connectivity index (χ0v) is 18.7. The van der Waals surface area contributed by atoms with E-state index in [1.54, 1.807) is 0 Å². The molecule has 5 aliphatic rings. The van der Waals surface area contributed by atoms with Gasteiger partial charge < -0.3 is 32.9 Å². The molecule has 34 heavy (non-hydrogen) atoms. The molecular weight excluding hydrogens is 434 g/mol. The average Bonchev–Trinajstić information content (AvgIpc) is 3.61. The number of benzene rings is 3. The van der Waals surface area contributed by atoms with Gasteiger partial charge in [-0.2, -0.15) is 0 Å². The van der Waals surface area contributed by atoms with Crippen LogP contribution >= 0.6 is 0 Å². The van der Waals surface area contributed by atoms with Crippen molar-refractivity contribution >= 4 is 0 Å². The van der Waals surface area contributed by atoms with Gasteiger partial charge in [-0.3, -0.25) is 0 Å². The minimum absolute atomic E-state index is 0.290. The molecule has 0 fully saturated rings. The normalized spacial score (nSPS) is 24.4. The van der Waals surface area contributed by atoms with E-state index in [1.165, 1.54) is 27.8 Å². The van der Waals surface area contributed by atoms with Crippen LogP contribution in [-0.4, -0.2) is 31.4 Å². The van der Waals surface area contributed by atoms with Crippen molar-refractivity contribution in [3.05, 3.63) is 70.3 Å². The first-order valence-corrected chi connectivity index (χ1v) is 11.8. The van der Waals surface area contributed by atoms with Gasteiger partial charge in [0.2, 0.25) is 20.4 Å². The van der Waals surface area contributed by atoms with E-state index in [1.807, 2.05) is 6.07 Å². The molecule has 0 saturated heterocycles. The molecule has 0 saturated carbocycles. The molecule has 172 valence electrons. The molecule has 0 bridgehead atoms. The molecule has 0 spiro atoms. The van der Waals surface area contributed by atoms with E-state index in [9.17, 15) is 0 Å². The van der Waals surface area contributed by atoms with E-state index < -0.39 is 0 Å². The summed E-state index contributed by atoms with van der Waals surface area (Å²) in [6.07, 6.45) is 1.94. The number of quaternary nitrogens is 1. The Morgan fingerprint density at radius 2 is 1.44 bits per heavy atom. The summed E-state index contributed by atoms with van der Waals surface area (Å²) in [5, 5.41) is 0. The van der Waals surface area contributed by atoms with Gasteiger partial charge in [0.15, 0.2) is 34.5 Å². The zero-order chi connectivity index (χ0) is 22.3. The maximum absolute atomic E-state index is 5.96. The summed E-state index contributed by atoms with van der Waals surface area (Å²) in [6, 6.07) is 15.4. The molecule has 0 aliphatic carbocycles. The number of hydrogen-bond acceptors (Lipinski definition) is 6. The van der Waals surface area contributed by atoms with Crippen LogP contribution < -0.4 is 28.4 Å². The number of hydrogen-bond donors (Lipinski definition) is 0. The molecule has 0 radical (unpaired) electrons. The lowest BCUT2D eigenvalue weighted by atomic mass is 9.80. The van der Waals surface area contributed by atoms with Gasteiger partial charge in [-0.05, 0) is 47.5 Å². The highest BCUT2D eigenvalue weighted by atomic mass is 16.7. The van der Waals surface area contributed by atoms with Crippen LogP contribution in [0.2, 0.25) is 0 Å². The highest BCUT2D eigenvalue weighted by Gasteiger charge is 2.48. The smallest absolute Gasteiger partial charge is 0.231 e. The van der Waals surface area contributed by atoms with Gasteiger partial charge in [0, 0.05) is 24.0 Å². The van der Waals surface area contributed by atoms with E-state index in [4.69, 9.17) is 28.4 Å². The van der Waals surface area contributed by atoms with Crippen molar-refractivity contribution in [2.24, 2.45) is 0 Å². The van der Waals surface area contributed by atoms with Crippen molar-refractivity contribution in [2.45, 2.75) is 32.0 Å². The lowest BCUT2D eigenvalue weighted by Gasteiger charge is -2.51. The Morgan fingerprint density at radius 3 is 2.35 bits per heavy atom. The fourth-order valence-corrected chi connectivity index (χ4v) is 6.42. The fourth-order valence-electron chi connectivity index (χ4n) is 6.42. The molecule has 2 unspecified atom stereocenters. The summed E-state index contributed by atoms with van der Waals surface area (Å²) in [5.74, 6) is 5.18. The monoisotopic (exact) mass is 458 g/mol. The van der Waals surface area contributed by atoms with E-state index in [2.05, 4.69) is 36.4 Å². The third-order valence-corrected chi connectivity index (χ3v) is 8.04. The first kappa shape index (κ1) is 18.8. The van der Waals surface area contributed by atoms with Crippen LogP contribution in [0.5, 0.6) is 34.5 Å². The minimum Gasteiger partial charge on any atom is -0.454 e. The third-order valence-electron chi connectivity index (χ3n) is 8.04. The zero-order valence-electron chi connectivity index (χ0n) is 18.7. The SMILES string of the molecule is c1cc2c(cc1C[N+]13CCc4cc5c(cc4C1Cc1ccc4c(c1C3)OCO4)OCO5)OCO2. The van der Waals surface area contributed by atoms with Gasteiger partial charge in [0.05, 0.1) is 12.1 Å². The summed E-state index contributed by atoms with van der Waals surface area (Å²) in [4.78, 5) is 0. The lowest BCUT2D eigenvalue weighted by molar-refractivity contribution is -0.985. The summed E-state index contributed by atoms with van der Waals surface area (Å²) >= 11 is 0. The first-order chi connectivity index (χ1) is 16.8. The van der Waals surface area contributed by atoms with Crippen LogP contribution in [0.25, 0.3) is 0 Å². The number of rotatable bonds is 2. The van der Waals surface area contributed by atoms with Crippen LogP contribution in [0.1, 0.15) is 33.9 Å². The molecule has 7 nitrogen and oxygen atoms in total. The highest BCUT2D eigenvalue weighted by molar-refractivity contribution is 5.55. The summed E-state index contributed by atoms with van der Waals surface area (Å²) < 4.78 is 35.3. The Bertz CT molecular complexity index is 1350. The van der Waals surface area contributed by atoms with E-state index >= 15 is 0 Å². The molecule has 2 atom stereocenters. The van der Waals surface area contributed by atoms with E-state index in [0.717, 1.165) is 71.5 Å². The van der Waals surface area contributed by atoms with Gasteiger partial charge in [-0.25, -0.2) is 0 Å². The molecule has 3 aromatic carbocycles. The first-order valence-electron chi connectivity index (χ1n) is 11.8. The second-order valence-corrected chi connectivity index (χ2v) is 9.76. The largest absolute Gasteiger partial charge is 0.454 e. The number of fused-ring (bicyclic) bond motifs is 8. The fraction of sp³-hybridized carbons (Fsp3) is 0.333. The quantitative estimate of drug-likeness (QED) is 0.536. The Hall–Kier alpha value is -3.58. The van der Waals surface area contributed by atoms with Crippen LogP contribution in [0, 0.1) is 0 Å². The van der Waals surface area contributed by atoms with Crippen molar-refractivity contribution in [3.63, 3.8) is 0 Å². The van der Waals surface area contributed by atoms with Crippen molar-refractivity contribution in [3.8, 4) is 34.5 Å². The standard InChI is InChI=1S/C27H24NO6/c1-3-22-24(31-13-29-22)7-16(1)11-28-6-5-18-9-25-26(33-14-32-25)10-19(18)21(28)8-17-2-4-23-27(20(17)12-28)34-15-30-23/h1-4,7,9-10,21H,5-6,8,11-15H2/q+1. The van der Waals surface area contributed by atoms with Gasteiger partial charge in [-0.15, -0.1) is 0 Å². The van der Waals surface area contributed by atoms with Crippen LogP contribution in [0.3, 0.4) is 0 Å². The van der Waals surface area contributed by atoms with Crippen molar-refractivity contribution in [1.29, 1.82) is 0 Å². The molecule has 5 aliphatic heterocycles. The Kier molecular flexibility index (Phi) is 3.72.